The van der Waals surface area contributed by atoms with Crippen molar-refractivity contribution in [1.29, 1.82) is 0 Å². The molecule has 460 valence electrons. The number of ether oxygens (including phenoxy) is 4. The monoisotopic (exact) mass is 1190 g/mol. The van der Waals surface area contributed by atoms with Crippen LogP contribution in [0.4, 0.5) is 0 Å². The van der Waals surface area contributed by atoms with Crippen LogP contribution in [-0.2, 0) is 52.2 Å². The molecule has 3 saturated carbocycles. The number of aliphatic hydroxyl groups excluding tert-OH is 3. The number of aryl methyl sites for hydroxylation is 1. The van der Waals surface area contributed by atoms with E-state index in [0.717, 1.165) is 75.3 Å². The number of guanidine groups is 1. The maximum atomic E-state index is 16.3. The minimum Gasteiger partial charge on any atom is -0.507 e. The number of esters is 1. The number of hydrogen-bond acceptors (Lipinski definition) is 19. The highest BCUT2D eigenvalue weighted by Gasteiger charge is 2.59. The Bertz CT molecular complexity index is 3530. The van der Waals surface area contributed by atoms with Crippen molar-refractivity contribution in [3.8, 4) is 29.1 Å². The van der Waals surface area contributed by atoms with Crippen molar-refractivity contribution in [2.75, 3.05) is 6.61 Å². The molecule has 19 heteroatoms. The first-order valence-electron chi connectivity index (χ1n) is 31.0. The van der Waals surface area contributed by atoms with Crippen LogP contribution in [0.5, 0.6) is 17.2 Å². The minimum atomic E-state index is -3.09. The summed E-state index contributed by atoms with van der Waals surface area (Å²) >= 11 is 0. The van der Waals surface area contributed by atoms with Gasteiger partial charge in [0.1, 0.15) is 23.4 Å². The number of ketones is 2. The second kappa shape index (κ2) is 24.3. The summed E-state index contributed by atoms with van der Waals surface area (Å²) in [6.45, 7) is 0.0956. The predicted molar refractivity (Wildman–Crippen MR) is 320 cm³/mol. The second-order valence-corrected chi connectivity index (χ2v) is 25.6. The van der Waals surface area contributed by atoms with Gasteiger partial charge in [0.15, 0.2) is 29.9 Å². The summed E-state index contributed by atoms with van der Waals surface area (Å²) in [5.41, 5.74) is 12.7. The van der Waals surface area contributed by atoms with Crippen LogP contribution < -0.4 is 26.3 Å². The van der Waals surface area contributed by atoms with Gasteiger partial charge in [-0.1, -0.05) is 86.4 Å². The van der Waals surface area contributed by atoms with Gasteiger partial charge in [-0.15, -0.1) is 0 Å². The van der Waals surface area contributed by atoms with E-state index in [1.807, 2.05) is 18.2 Å². The van der Waals surface area contributed by atoms with Gasteiger partial charge in [0.2, 0.25) is 12.1 Å². The lowest BCUT2D eigenvalue weighted by Gasteiger charge is -2.49. The molecule has 87 heavy (non-hydrogen) atoms. The topological polar surface area (TPSA) is 323 Å². The third kappa shape index (κ3) is 11.3. The first kappa shape index (κ1) is 60.5. The molecule has 9 unspecified atom stereocenters. The van der Waals surface area contributed by atoms with E-state index >= 15 is 9.59 Å². The van der Waals surface area contributed by atoms with Gasteiger partial charge in [-0.25, -0.2) is 4.99 Å². The average molecular weight is 1190 g/mol. The van der Waals surface area contributed by atoms with Crippen molar-refractivity contribution in [3.05, 3.63) is 120 Å². The van der Waals surface area contributed by atoms with Crippen molar-refractivity contribution < 1.29 is 73.9 Å². The number of carbonyl (C=O) groups excluding carboxylic acids is 4. The summed E-state index contributed by atoms with van der Waals surface area (Å²) in [6, 6.07) is 10.7. The van der Waals surface area contributed by atoms with Crippen molar-refractivity contribution in [2.24, 2.45) is 28.3 Å². The minimum absolute atomic E-state index is 0.0232. The number of benzene rings is 4. The Morgan fingerprint density at radius 3 is 2.44 bits per heavy atom. The van der Waals surface area contributed by atoms with E-state index in [1.165, 1.54) is 19.1 Å². The van der Waals surface area contributed by atoms with Gasteiger partial charge in [0.25, 0.3) is 0 Å². The van der Waals surface area contributed by atoms with Gasteiger partial charge >= 0.3 is 5.97 Å². The molecule has 2 aliphatic heterocycles. The molecule has 12 N–H and O–H groups in total. The van der Waals surface area contributed by atoms with Crippen LogP contribution in [0, 0.1) is 23.7 Å². The maximum Gasteiger partial charge on any atom is 0.308 e. The lowest BCUT2D eigenvalue weighted by atomic mass is 9.70. The average Bonchev–Trinajstić information content (AvgIpc) is 1.33. The number of fused-ring (bicyclic) bond motifs is 5. The number of aliphatic hydroxyl groups is 6. The van der Waals surface area contributed by atoms with E-state index in [0.29, 0.717) is 55.1 Å². The number of nitrogens with one attached hydrogen (secondary N) is 1. The summed E-state index contributed by atoms with van der Waals surface area (Å²) in [5.74, 6) is -1.01. The fourth-order valence-corrected chi connectivity index (χ4v) is 15.8. The van der Waals surface area contributed by atoms with E-state index in [9.17, 15) is 45.3 Å². The number of rotatable bonds is 11. The third-order valence-electron chi connectivity index (χ3n) is 19.9. The van der Waals surface area contributed by atoms with E-state index in [2.05, 4.69) is 22.2 Å². The van der Waals surface area contributed by atoms with Crippen molar-refractivity contribution in [2.45, 2.75) is 202 Å². The lowest BCUT2D eigenvalue weighted by Crippen LogP contribution is -2.69. The highest BCUT2D eigenvalue weighted by Crippen LogP contribution is 2.53. The maximum absolute atomic E-state index is 16.3. The Morgan fingerprint density at radius 1 is 0.897 bits per heavy atom. The molecule has 4 bridgehead atoms. The fraction of sp³-hybridized carbons (Fsp3) is 0.515. The Kier molecular flexibility index (Phi) is 16.9. The van der Waals surface area contributed by atoms with Crippen LogP contribution in [0.3, 0.4) is 0 Å². The molecular weight excluding hydrogens is 1110 g/mol. The van der Waals surface area contributed by atoms with Crippen LogP contribution in [0.25, 0.3) is 12.2 Å². The van der Waals surface area contributed by atoms with Gasteiger partial charge in [0, 0.05) is 64.2 Å². The number of nitrogens with two attached hydrogens (primary N) is 2. The molecule has 4 aromatic rings. The highest BCUT2D eigenvalue weighted by molar-refractivity contribution is 6.32. The zero-order valence-electron chi connectivity index (χ0n) is 49.0. The zero-order valence-corrected chi connectivity index (χ0v) is 49.0. The fourth-order valence-electron chi connectivity index (χ4n) is 15.8. The molecular formula is C68H78N4O15. The predicted octanol–water partition coefficient (Wildman–Crippen LogP) is 5.76. The van der Waals surface area contributed by atoms with Gasteiger partial charge in [-0.3, -0.25) is 19.2 Å². The number of aldehydes is 1. The molecule has 1 saturated heterocycles. The molecule has 0 amide bonds. The van der Waals surface area contributed by atoms with Crippen molar-refractivity contribution in [3.63, 3.8) is 0 Å². The number of phenols is 1. The summed E-state index contributed by atoms with van der Waals surface area (Å²) in [5, 5.41) is 88.8. The molecule has 8 aliphatic rings. The van der Waals surface area contributed by atoms with Crippen molar-refractivity contribution in [1.82, 2.24) is 5.32 Å². The number of aromatic hydroxyl groups is 1. The normalized spacial score (nSPS) is 28.3. The van der Waals surface area contributed by atoms with E-state index < -0.39 is 108 Å². The molecule has 4 fully saturated rings. The summed E-state index contributed by atoms with van der Waals surface area (Å²) in [6.07, 6.45) is 6.99. The Morgan fingerprint density at radius 2 is 1.68 bits per heavy atom. The highest BCUT2D eigenvalue weighted by atomic mass is 16.7. The molecule has 1 spiro atoms. The van der Waals surface area contributed by atoms with Crippen LogP contribution in [-0.4, -0.2) is 126 Å². The standard InChI is InChI=1S/C68H78N4O15/c1-36(75)85-51-31-42(33-73)52-53-47(51)24-17-37-10-7-11-38(28-37)29-46(76)23-22-44(69)15-8-16-48-54(59(53)79)55(58(52)78)57(77)49(30-41-19-18-39-20-21-43-14-9-27-67(43,81)56(39)50(41)34-74)61(48)87-64-63(68(82,83)62(80)60(86-64)40-12-3-4-13-40)84-35-45-32-66(72-65(70)71-45)25-5-2-6-26-66/h7,10-11,17-19,24,28,31,34,40,43-46,60,62-64,73,76-77,80-83H,2-6,9,12-14,16,20-23,25-27,29-30,32-33,35,69H2,1H3,(H3,70,71,72). The first-order chi connectivity index (χ1) is 41.8. The Labute approximate surface area is 505 Å². The number of nitrogens with zero attached hydrogens (tertiary/aromatic N) is 1. The number of carbonyl (C=O) groups is 4. The number of phenolic OH excluding ortho intramolecular Hbond substituents is 1. The number of hydrogen-bond donors (Lipinski definition) is 10. The summed E-state index contributed by atoms with van der Waals surface area (Å²) in [7, 11) is 0. The van der Waals surface area contributed by atoms with E-state index in [1.54, 1.807) is 24.3 Å². The summed E-state index contributed by atoms with van der Waals surface area (Å²) in [4.78, 5) is 63.6. The Hall–Kier alpha value is -6.83. The van der Waals surface area contributed by atoms with Gasteiger partial charge in [-0.2, -0.15) is 0 Å². The summed E-state index contributed by atoms with van der Waals surface area (Å²) < 4.78 is 26.4. The van der Waals surface area contributed by atoms with Crippen LogP contribution in [0.2, 0.25) is 0 Å². The molecule has 12 rings (SSSR count). The van der Waals surface area contributed by atoms with E-state index in [-0.39, 0.29) is 99.6 Å². The lowest BCUT2D eigenvalue weighted by molar-refractivity contribution is -0.386. The molecule has 2 heterocycles. The van der Waals surface area contributed by atoms with Crippen LogP contribution in [0.1, 0.15) is 202 Å². The zero-order chi connectivity index (χ0) is 61.1. The van der Waals surface area contributed by atoms with Crippen molar-refractivity contribution >= 4 is 41.9 Å². The van der Waals surface area contributed by atoms with Gasteiger partial charge in [-0.05, 0) is 141 Å². The van der Waals surface area contributed by atoms with Gasteiger partial charge in [0.05, 0.1) is 48.7 Å². The largest absolute Gasteiger partial charge is 0.507 e. The molecule has 6 aliphatic carbocycles. The van der Waals surface area contributed by atoms with E-state index in [4.69, 9.17) is 30.4 Å². The smallest absolute Gasteiger partial charge is 0.308 e. The Balaban J connectivity index is 1.09. The molecule has 0 aromatic heterocycles. The van der Waals surface area contributed by atoms with Gasteiger partial charge < -0.3 is 71.5 Å². The van der Waals surface area contributed by atoms with Crippen LogP contribution >= 0.6 is 0 Å². The molecule has 9 atom stereocenters. The second-order valence-electron chi connectivity index (χ2n) is 25.6. The molecule has 19 nitrogen and oxygen atoms in total. The third-order valence-corrected chi connectivity index (χ3v) is 19.9. The SMILES string of the molecule is CC(=O)Oc1cc(CO)c2c3c1C=Cc1cccc(c1)CC(O)CCC(N)C#CCc1c(OC4OC(C5CCCC5)C(O)C(O)(O)C4OCC4CC5(CCCCC5)NC(N)=N4)c(Cc4ccc5c(c4C=O)C4(O)CCCC4CC5)c(O)c(c1C3=O)C2=O. The molecule has 0 radical (unpaired) electrons. The van der Waals surface area contributed by atoms with Crippen LogP contribution in [0.15, 0.2) is 47.5 Å². The number of aliphatic imine (C=N–C) groups is 1. The molecule has 4 aromatic carbocycles. The quantitative estimate of drug-likeness (QED) is 0.0247. The first-order valence-corrected chi connectivity index (χ1v) is 31.0.